The summed E-state index contributed by atoms with van der Waals surface area (Å²) in [6.07, 6.45) is 2.49. The highest BCUT2D eigenvalue weighted by atomic mass is 79.9. The second-order valence-electron chi connectivity index (χ2n) is 5.15. The first-order valence-corrected chi connectivity index (χ1v) is 7.44. The van der Waals surface area contributed by atoms with Gasteiger partial charge in [-0.15, -0.1) is 0 Å². The third-order valence-corrected chi connectivity index (χ3v) is 4.57. The van der Waals surface area contributed by atoms with Crippen LogP contribution in [0.3, 0.4) is 0 Å². The standard InChI is InChI=1S/C14H14BrFN2O2/c15-11-6-8(16)5-9-10(11)7-18(14(9)20)12-3-1-2-4-17-13(12)19/h5-6,12H,1-4,7H2,(H,17,19)/t12-/m0/s1. The molecule has 0 bridgehead atoms. The van der Waals surface area contributed by atoms with Crippen molar-refractivity contribution in [2.75, 3.05) is 6.54 Å². The summed E-state index contributed by atoms with van der Waals surface area (Å²) in [5.41, 5.74) is 1.11. The van der Waals surface area contributed by atoms with Crippen LogP contribution in [0.25, 0.3) is 0 Å². The Hall–Kier alpha value is -1.43. The Labute approximate surface area is 124 Å². The van der Waals surface area contributed by atoms with Crippen molar-refractivity contribution in [3.05, 3.63) is 33.5 Å². The maximum absolute atomic E-state index is 13.4. The van der Waals surface area contributed by atoms with Gasteiger partial charge < -0.3 is 10.2 Å². The third-order valence-electron chi connectivity index (χ3n) is 3.86. The summed E-state index contributed by atoms with van der Waals surface area (Å²) in [4.78, 5) is 26.0. The number of halogens is 2. The molecule has 4 nitrogen and oxygen atoms in total. The molecule has 0 spiro atoms. The van der Waals surface area contributed by atoms with Crippen LogP contribution in [0.15, 0.2) is 16.6 Å². The zero-order valence-corrected chi connectivity index (χ0v) is 12.4. The molecule has 1 aromatic carbocycles. The van der Waals surface area contributed by atoms with E-state index in [-0.39, 0.29) is 11.8 Å². The van der Waals surface area contributed by atoms with Crippen LogP contribution in [0.5, 0.6) is 0 Å². The van der Waals surface area contributed by atoms with Crippen LogP contribution in [0, 0.1) is 5.82 Å². The number of hydrogen-bond donors (Lipinski definition) is 1. The third kappa shape index (κ3) is 2.22. The largest absolute Gasteiger partial charge is 0.354 e. The van der Waals surface area contributed by atoms with Gasteiger partial charge in [-0.1, -0.05) is 15.9 Å². The Balaban J connectivity index is 1.93. The Morgan fingerprint density at radius 3 is 2.90 bits per heavy atom. The number of amides is 2. The zero-order valence-electron chi connectivity index (χ0n) is 10.8. The van der Waals surface area contributed by atoms with Gasteiger partial charge in [-0.2, -0.15) is 0 Å². The van der Waals surface area contributed by atoms with Gasteiger partial charge in [0.2, 0.25) is 5.91 Å². The lowest BCUT2D eigenvalue weighted by Crippen LogP contribution is -2.45. The van der Waals surface area contributed by atoms with E-state index >= 15 is 0 Å². The maximum atomic E-state index is 13.4. The van der Waals surface area contributed by atoms with Gasteiger partial charge in [0.1, 0.15) is 11.9 Å². The molecule has 0 aliphatic carbocycles. The van der Waals surface area contributed by atoms with Gasteiger partial charge in [0.15, 0.2) is 0 Å². The molecule has 0 radical (unpaired) electrons. The number of fused-ring (bicyclic) bond motifs is 1. The molecule has 1 fully saturated rings. The average Bonchev–Trinajstić information content (AvgIpc) is 2.59. The lowest BCUT2D eigenvalue weighted by Gasteiger charge is -2.25. The monoisotopic (exact) mass is 340 g/mol. The van der Waals surface area contributed by atoms with E-state index in [2.05, 4.69) is 21.2 Å². The van der Waals surface area contributed by atoms with Gasteiger partial charge in [0, 0.05) is 23.1 Å². The summed E-state index contributed by atoms with van der Waals surface area (Å²) in [5, 5.41) is 2.83. The molecule has 106 valence electrons. The Morgan fingerprint density at radius 1 is 1.30 bits per heavy atom. The molecule has 2 aliphatic heterocycles. The topological polar surface area (TPSA) is 49.4 Å². The minimum atomic E-state index is -0.452. The number of nitrogens with one attached hydrogen (secondary N) is 1. The second kappa shape index (κ2) is 5.16. The molecule has 6 heteroatoms. The summed E-state index contributed by atoms with van der Waals surface area (Å²) in [7, 11) is 0. The van der Waals surface area contributed by atoms with E-state index in [1.165, 1.54) is 12.1 Å². The predicted molar refractivity (Wildman–Crippen MR) is 74.6 cm³/mol. The maximum Gasteiger partial charge on any atom is 0.255 e. The Morgan fingerprint density at radius 2 is 2.10 bits per heavy atom. The molecule has 0 saturated carbocycles. The van der Waals surface area contributed by atoms with Crippen LogP contribution >= 0.6 is 15.9 Å². The van der Waals surface area contributed by atoms with E-state index in [9.17, 15) is 14.0 Å². The number of benzene rings is 1. The van der Waals surface area contributed by atoms with Gasteiger partial charge in [-0.3, -0.25) is 9.59 Å². The van der Waals surface area contributed by atoms with Crippen LogP contribution in [-0.4, -0.2) is 29.3 Å². The lowest BCUT2D eigenvalue weighted by atomic mass is 10.1. The molecule has 20 heavy (non-hydrogen) atoms. The van der Waals surface area contributed by atoms with Gasteiger partial charge in [0.25, 0.3) is 5.91 Å². The van der Waals surface area contributed by atoms with E-state index in [1.807, 2.05) is 0 Å². The fraction of sp³-hybridized carbons (Fsp3) is 0.429. The highest BCUT2D eigenvalue weighted by Crippen LogP contribution is 2.32. The van der Waals surface area contributed by atoms with E-state index < -0.39 is 11.9 Å². The molecule has 1 aromatic rings. The SMILES string of the molecule is O=C1NCCCC[C@@H]1N1Cc2c(Br)cc(F)cc2C1=O. The van der Waals surface area contributed by atoms with Crippen LogP contribution in [-0.2, 0) is 11.3 Å². The molecular weight excluding hydrogens is 327 g/mol. The lowest BCUT2D eigenvalue weighted by molar-refractivity contribution is -0.125. The van der Waals surface area contributed by atoms with E-state index in [0.29, 0.717) is 29.5 Å². The van der Waals surface area contributed by atoms with E-state index in [0.717, 1.165) is 18.4 Å². The van der Waals surface area contributed by atoms with Gasteiger partial charge >= 0.3 is 0 Å². The van der Waals surface area contributed by atoms with Crippen molar-refractivity contribution in [3.8, 4) is 0 Å². The second-order valence-corrected chi connectivity index (χ2v) is 6.00. The normalized spacial score (nSPS) is 22.5. The summed E-state index contributed by atoms with van der Waals surface area (Å²) < 4.78 is 14.0. The smallest absolute Gasteiger partial charge is 0.255 e. The number of hydrogen-bond acceptors (Lipinski definition) is 2. The summed E-state index contributed by atoms with van der Waals surface area (Å²) in [6, 6.07) is 2.15. The molecular formula is C14H14BrFN2O2. The molecule has 2 amide bonds. The molecule has 1 atom stereocenters. The van der Waals surface area contributed by atoms with Crippen molar-refractivity contribution in [2.45, 2.75) is 31.8 Å². The van der Waals surface area contributed by atoms with E-state index in [4.69, 9.17) is 0 Å². The van der Waals surface area contributed by atoms with Crippen LogP contribution in [0.1, 0.15) is 35.2 Å². The van der Waals surface area contributed by atoms with Gasteiger partial charge in [0.05, 0.1) is 0 Å². The Kier molecular flexibility index (Phi) is 3.50. The van der Waals surface area contributed by atoms with Crippen molar-refractivity contribution >= 4 is 27.7 Å². The van der Waals surface area contributed by atoms with Gasteiger partial charge in [-0.25, -0.2) is 4.39 Å². The predicted octanol–water partition coefficient (Wildman–Crippen LogP) is 2.21. The minimum absolute atomic E-state index is 0.111. The van der Waals surface area contributed by atoms with E-state index in [1.54, 1.807) is 4.90 Å². The number of nitrogens with zero attached hydrogens (tertiary/aromatic N) is 1. The quantitative estimate of drug-likeness (QED) is 0.852. The van der Waals surface area contributed by atoms with Gasteiger partial charge in [-0.05, 0) is 37.0 Å². The first-order valence-electron chi connectivity index (χ1n) is 6.64. The Bertz CT molecular complexity index is 591. The summed E-state index contributed by atoms with van der Waals surface area (Å²) in [5.74, 6) is -0.821. The average molecular weight is 341 g/mol. The van der Waals surface area contributed by atoms with Crippen molar-refractivity contribution in [1.29, 1.82) is 0 Å². The fourth-order valence-electron chi connectivity index (χ4n) is 2.82. The summed E-state index contributed by atoms with van der Waals surface area (Å²) in [6.45, 7) is 1.01. The fourth-order valence-corrected chi connectivity index (χ4v) is 3.38. The zero-order chi connectivity index (χ0) is 14.3. The molecule has 3 rings (SSSR count). The number of rotatable bonds is 1. The van der Waals surface area contributed by atoms with Crippen LogP contribution in [0.4, 0.5) is 4.39 Å². The molecule has 0 aromatic heterocycles. The highest BCUT2D eigenvalue weighted by molar-refractivity contribution is 9.10. The van der Waals surface area contributed by atoms with Crippen LogP contribution < -0.4 is 5.32 Å². The molecule has 2 heterocycles. The van der Waals surface area contributed by atoms with Crippen molar-refractivity contribution in [3.63, 3.8) is 0 Å². The van der Waals surface area contributed by atoms with Crippen molar-refractivity contribution in [2.24, 2.45) is 0 Å². The van der Waals surface area contributed by atoms with Crippen molar-refractivity contribution in [1.82, 2.24) is 10.2 Å². The molecule has 2 aliphatic rings. The minimum Gasteiger partial charge on any atom is -0.354 e. The van der Waals surface area contributed by atoms with Crippen LogP contribution in [0.2, 0.25) is 0 Å². The van der Waals surface area contributed by atoms with Crippen molar-refractivity contribution < 1.29 is 14.0 Å². The number of carbonyl (C=O) groups is 2. The first kappa shape index (κ1) is 13.5. The molecule has 0 unspecified atom stereocenters. The number of carbonyl (C=O) groups excluding carboxylic acids is 2. The molecule has 1 N–H and O–H groups in total. The highest BCUT2D eigenvalue weighted by Gasteiger charge is 2.37. The first-order chi connectivity index (χ1) is 9.58. The molecule has 1 saturated heterocycles. The summed E-state index contributed by atoms with van der Waals surface area (Å²) >= 11 is 3.29.